The van der Waals surface area contributed by atoms with Gasteiger partial charge in [-0.1, -0.05) is 20.3 Å². The SMILES string of the molecule is COc1ccc(C(=O)NCCCNC(=O)CCOCC(COCCC(=O)NCCCNC(=O)c2ccc(OC)cc2)(COCCC(=O)NCCCNC(=O)c2ccc(OC)cc2)NC(=O)CCCCCC(=O)C(C)C)cc1. The van der Waals surface area contributed by atoms with E-state index in [1.807, 2.05) is 13.8 Å². The van der Waals surface area contributed by atoms with Crippen molar-refractivity contribution in [2.45, 2.75) is 90.0 Å². The molecule has 424 valence electrons. The zero-order valence-electron chi connectivity index (χ0n) is 45.5. The molecule has 21 nitrogen and oxygen atoms in total. The fraction of sp³-hybridized carbons (Fsp3) is 0.536. The lowest BCUT2D eigenvalue weighted by Crippen LogP contribution is -2.58. The van der Waals surface area contributed by atoms with E-state index >= 15 is 0 Å². The second kappa shape index (κ2) is 37.6. The average molecular weight is 1080 g/mol. The maximum atomic E-state index is 13.6. The van der Waals surface area contributed by atoms with Gasteiger partial charge in [0, 0.05) is 94.0 Å². The summed E-state index contributed by atoms with van der Waals surface area (Å²) in [6, 6.07) is 20.1. The van der Waals surface area contributed by atoms with Crippen LogP contribution in [0.15, 0.2) is 72.8 Å². The molecule has 0 aliphatic carbocycles. The third kappa shape index (κ3) is 27.5. The number of hydrogen-bond donors (Lipinski definition) is 7. The molecular weight excluding hydrogens is 995 g/mol. The first kappa shape index (κ1) is 64.2. The summed E-state index contributed by atoms with van der Waals surface area (Å²) in [6.07, 6.45) is 3.76. The van der Waals surface area contributed by atoms with Crippen LogP contribution in [0.1, 0.15) is 116 Å². The first-order valence-corrected chi connectivity index (χ1v) is 26.3. The predicted octanol–water partition coefficient (Wildman–Crippen LogP) is 4.07. The molecule has 0 saturated heterocycles. The van der Waals surface area contributed by atoms with Gasteiger partial charge < -0.3 is 65.6 Å². The summed E-state index contributed by atoms with van der Waals surface area (Å²) in [5.74, 6) is 0.0563. The minimum absolute atomic E-state index is 0.0181. The Morgan fingerprint density at radius 1 is 0.390 bits per heavy atom. The monoisotopic (exact) mass is 1080 g/mol. The fourth-order valence-electron chi connectivity index (χ4n) is 7.29. The van der Waals surface area contributed by atoms with Crippen molar-refractivity contribution >= 4 is 47.1 Å². The van der Waals surface area contributed by atoms with Crippen LogP contribution in [0.3, 0.4) is 0 Å². The van der Waals surface area contributed by atoms with E-state index in [1.54, 1.807) is 94.1 Å². The molecule has 0 atom stereocenters. The number of unbranched alkanes of at least 4 members (excludes halogenated alkanes) is 2. The molecule has 21 heteroatoms. The highest BCUT2D eigenvalue weighted by atomic mass is 16.5. The van der Waals surface area contributed by atoms with Gasteiger partial charge in [0.15, 0.2) is 0 Å². The molecule has 0 unspecified atom stereocenters. The zero-order chi connectivity index (χ0) is 56.1. The first-order valence-electron chi connectivity index (χ1n) is 26.3. The summed E-state index contributed by atoms with van der Waals surface area (Å²) >= 11 is 0. The van der Waals surface area contributed by atoms with E-state index < -0.39 is 5.54 Å². The lowest BCUT2D eigenvalue weighted by molar-refractivity contribution is -0.130. The van der Waals surface area contributed by atoms with Crippen LogP contribution in [0.25, 0.3) is 0 Å². The molecule has 7 amide bonds. The highest BCUT2D eigenvalue weighted by Gasteiger charge is 2.34. The van der Waals surface area contributed by atoms with Crippen LogP contribution in [0.4, 0.5) is 0 Å². The van der Waals surface area contributed by atoms with E-state index in [1.165, 1.54) is 0 Å². The van der Waals surface area contributed by atoms with Crippen LogP contribution in [0.2, 0.25) is 0 Å². The minimum Gasteiger partial charge on any atom is -0.497 e. The molecule has 7 N–H and O–H groups in total. The molecule has 3 aromatic carbocycles. The van der Waals surface area contributed by atoms with Crippen molar-refractivity contribution < 1.29 is 66.8 Å². The van der Waals surface area contributed by atoms with Crippen LogP contribution < -0.4 is 51.4 Å². The van der Waals surface area contributed by atoms with Gasteiger partial charge in [-0.2, -0.15) is 0 Å². The van der Waals surface area contributed by atoms with Crippen molar-refractivity contribution in [3.8, 4) is 17.2 Å². The Labute approximate surface area is 452 Å². The van der Waals surface area contributed by atoms with Crippen molar-refractivity contribution in [3.63, 3.8) is 0 Å². The second-order valence-corrected chi connectivity index (χ2v) is 18.5. The normalized spacial score (nSPS) is 11.0. The van der Waals surface area contributed by atoms with E-state index in [-0.39, 0.29) is 118 Å². The lowest BCUT2D eigenvalue weighted by Gasteiger charge is -2.34. The Bertz CT molecular complexity index is 2050. The molecule has 0 heterocycles. The van der Waals surface area contributed by atoms with E-state index in [4.69, 9.17) is 28.4 Å². The number of benzene rings is 3. The number of carbonyl (C=O) groups excluding carboxylic acids is 8. The first-order chi connectivity index (χ1) is 37.2. The average Bonchev–Trinajstić information content (AvgIpc) is 3.43. The van der Waals surface area contributed by atoms with Crippen molar-refractivity contribution in [1.29, 1.82) is 0 Å². The van der Waals surface area contributed by atoms with Gasteiger partial charge in [-0.15, -0.1) is 0 Å². The minimum atomic E-state index is -1.32. The fourth-order valence-corrected chi connectivity index (χ4v) is 7.29. The molecule has 0 radical (unpaired) electrons. The molecule has 0 spiro atoms. The molecule has 0 saturated carbocycles. The molecule has 0 aromatic heterocycles. The summed E-state index contributed by atoms with van der Waals surface area (Å²) in [7, 11) is 4.63. The van der Waals surface area contributed by atoms with Crippen molar-refractivity contribution in [3.05, 3.63) is 89.5 Å². The number of rotatable bonds is 41. The van der Waals surface area contributed by atoms with Crippen LogP contribution in [0, 0.1) is 5.92 Å². The summed E-state index contributed by atoms with van der Waals surface area (Å²) < 4.78 is 33.5. The Hall–Kier alpha value is -7.10. The van der Waals surface area contributed by atoms with Crippen LogP contribution in [-0.4, -0.2) is 153 Å². The number of Topliss-reactive ketones (excluding diaryl/α,β-unsaturated/α-hetero) is 1. The van der Waals surface area contributed by atoms with Crippen LogP contribution in [0.5, 0.6) is 17.2 Å². The Morgan fingerprint density at radius 2 is 0.701 bits per heavy atom. The van der Waals surface area contributed by atoms with Gasteiger partial charge >= 0.3 is 0 Å². The molecule has 77 heavy (non-hydrogen) atoms. The number of carbonyl (C=O) groups is 8. The number of amides is 7. The quantitative estimate of drug-likeness (QED) is 0.0395. The van der Waals surface area contributed by atoms with E-state index in [0.717, 1.165) is 0 Å². The van der Waals surface area contributed by atoms with Crippen molar-refractivity contribution in [2.75, 3.05) is 100 Å². The second-order valence-electron chi connectivity index (χ2n) is 18.5. The number of ether oxygens (including phenoxy) is 6. The smallest absolute Gasteiger partial charge is 0.251 e. The molecule has 0 bridgehead atoms. The third-order valence-corrected chi connectivity index (χ3v) is 11.9. The molecule has 3 rings (SSSR count). The topological polar surface area (TPSA) is 276 Å². The summed E-state index contributed by atoms with van der Waals surface area (Å²) in [5, 5.41) is 20.0. The molecular formula is C56H81N7O14. The molecule has 3 aromatic rings. The maximum Gasteiger partial charge on any atom is 0.251 e. The predicted molar refractivity (Wildman–Crippen MR) is 289 cm³/mol. The zero-order valence-corrected chi connectivity index (χ0v) is 45.5. The van der Waals surface area contributed by atoms with Gasteiger partial charge in [0.25, 0.3) is 17.7 Å². The van der Waals surface area contributed by atoms with Crippen molar-refractivity contribution in [2.24, 2.45) is 5.92 Å². The Balaban J connectivity index is 1.56. The van der Waals surface area contributed by atoms with E-state index in [2.05, 4.69) is 37.2 Å². The number of nitrogens with one attached hydrogen (secondary N) is 7. The number of methoxy groups -OCH3 is 3. The van der Waals surface area contributed by atoms with Crippen LogP contribution >= 0.6 is 0 Å². The van der Waals surface area contributed by atoms with Gasteiger partial charge in [0.05, 0.1) is 61.0 Å². The van der Waals surface area contributed by atoms with Gasteiger partial charge in [-0.25, -0.2) is 0 Å². The maximum absolute atomic E-state index is 13.6. The molecule has 0 fully saturated rings. The highest BCUT2D eigenvalue weighted by Crippen LogP contribution is 2.15. The lowest BCUT2D eigenvalue weighted by atomic mass is 10.0. The third-order valence-electron chi connectivity index (χ3n) is 11.9. The number of ketones is 1. The van der Waals surface area contributed by atoms with Gasteiger partial charge in [0.1, 0.15) is 28.6 Å². The molecule has 0 aliphatic heterocycles. The van der Waals surface area contributed by atoms with Gasteiger partial charge in [0.2, 0.25) is 23.6 Å². The summed E-state index contributed by atoms with van der Waals surface area (Å²) in [5.41, 5.74) is 0.127. The number of hydrogen-bond acceptors (Lipinski definition) is 14. The van der Waals surface area contributed by atoms with E-state index in [9.17, 15) is 38.4 Å². The molecule has 0 aliphatic rings. The largest absolute Gasteiger partial charge is 0.497 e. The van der Waals surface area contributed by atoms with Crippen LogP contribution in [-0.2, 0) is 38.2 Å². The Kier molecular flexibility index (Phi) is 31.4. The van der Waals surface area contributed by atoms with Gasteiger partial charge in [-0.3, -0.25) is 38.4 Å². The standard InChI is InChI=1S/C56H81N7O14/c1-41(2)48(64)12-7-6-8-13-52(68)63-56(38-75-35-26-49(65)57-29-9-32-60-53(69)42-14-20-45(72-3)21-15-42,39-76-36-27-50(66)58-30-10-33-61-54(70)43-16-22-46(73-4)23-17-43)40-77-37-28-51(67)59-31-11-34-62-55(71)44-18-24-47(74-5)25-19-44/h14-25,41H,6-13,26-40H2,1-5H3,(H,57,65)(H,58,66)(H,59,67)(H,60,69)(H,61,70)(H,62,71)(H,63,68). The Morgan fingerprint density at radius 3 is 1.01 bits per heavy atom. The summed E-state index contributed by atoms with van der Waals surface area (Å²) in [6.45, 7) is 5.05. The summed E-state index contributed by atoms with van der Waals surface area (Å²) in [4.78, 5) is 102. The van der Waals surface area contributed by atoms with Crippen molar-refractivity contribution in [1.82, 2.24) is 37.2 Å². The van der Waals surface area contributed by atoms with E-state index in [0.29, 0.717) is 118 Å². The highest BCUT2D eigenvalue weighted by molar-refractivity contribution is 5.95. The van der Waals surface area contributed by atoms with Gasteiger partial charge in [-0.05, 0) is 105 Å².